The van der Waals surface area contributed by atoms with Crippen molar-refractivity contribution >= 4 is 29.1 Å². The highest BCUT2D eigenvalue weighted by molar-refractivity contribution is 6.92. The van der Waals surface area contributed by atoms with E-state index in [1.54, 1.807) is 0 Å². The van der Waals surface area contributed by atoms with E-state index in [0.717, 1.165) is 33.9 Å². The van der Waals surface area contributed by atoms with Crippen LogP contribution >= 0.6 is 0 Å². The third-order valence-electron chi connectivity index (χ3n) is 8.78. The summed E-state index contributed by atoms with van der Waals surface area (Å²) in [6, 6.07) is 49.5. The molecule has 0 amide bonds. The van der Waals surface area contributed by atoms with Crippen molar-refractivity contribution in [1.29, 1.82) is 0 Å². The van der Waals surface area contributed by atoms with Gasteiger partial charge in [0.25, 0.3) is 0 Å². The number of para-hydroxylation sites is 1. The fourth-order valence-electron chi connectivity index (χ4n) is 6.86. The SMILES string of the molecule is c1ccc(-c2cc(-c3ccc4c(c3)-c3ccccc3B3c5ccccc5-c5ccccc5N34)cc(-c3ccccn3)n2)nc1. The molecular weight excluding hydrogens is 535 g/mol. The summed E-state index contributed by atoms with van der Waals surface area (Å²) in [6.07, 6.45) is 3.62. The summed E-state index contributed by atoms with van der Waals surface area (Å²) in [6.45, 7) is 0.100. The van der Waals surface area contributed by atoms with Crippen molar-refractivity contribution in [2.75, 3.05) is 4.81 Å². The van der Waals surface area contributed by atoms with Crippen molar-refractivity contribution < 1.29 is 0 Å². The van der Waals surface area contributed by atoms with Gasteiger partial charge in [-0.1, -0.05) is 84.9 Å². The summed E-state index contributed by atoms with van der Waals surface area (Å²) in [4.78, 5) is 16.7. The molecule has 0 spiro atoms. The Kier molecular flexibility index (Phi) is 5.57. The maximum atomic E-state index is 4.99. The van der Waals surface area contributed by atoms with Crippen LogP contribution in [-0.4, -0.2) is 21.8 Å². The maximum absolute atomic E-state index is 4.99. The minimum Gasteiger partial charge on any atom is -0.376 e. The van der Waals surface area contributed by atoms with Gasteiger partial charge in [-0.2, -0.15) is 0 Å². The molecule has 0 atom stereocenters. The van der Waals surface area contributed by atoms with Gasteiger partial charge in [0.15, 0.2) is 0 Å². The monoisotopic (exact) mass is 560 g/mol. The Hall–Kier alpha value is -5.81. The summed E-state index contributed by atoms with van der Waals surface area (Å²) < 4.78 is 0. The van der Waals surface area contributed by atoms with E-state index >= 15 is 0 Å². The molecule has 0 aliphatic carbocycles. The second kappa shape index (κ2) is 9.89. The first-order valence-corrected chi connectivity index (χ1v) is 14.9. The predicted molar refractivity (Wildman–Crippen MR) is 181 cm³/mol. The molecule has 204 valence electrons. The second-order valence-electron chi connectivity index (χ2n) is 11.3. The highest BCUT2D eigenvalue weighted by atomic mass is 15.1. The van der Waals surface area contributed by atoms with E-state index in [4.69, 9.17) is 4.98 Å². The van der Waals surface area contributed by atoms with Gasteiger partial charge in [0.05, 0.1) is 22.8 Å². The van der Waals surface area contributed by atoms with Gasteiger partial charge in [-0.15, -0.1) is 0 Å². The molecule has 0 bridgehead atoms. The molecule has 0 fully saturated rings. The molecule has 0 N–H and O–H groups in total. The fraction of sp³-hybridized carbons (Fsp3) is 0. The van der Waals surface area contributed by atoms with Gasteiger partial charge in [0.1, 0.15) is 0 Å². The molecule has 4 aromatic carbocycles. The van der Waals surface area contributed by atoms with Crippen LogP contribution in [0.3, 0.4) is 0 Å². The van der Waals surface area contributed by atoms with Gasteiger partial charge in [0, 0.05) is 34.9 Å². The van der Waals surface area contributed by atoms with Crippen molar-refractivity contribution in [3.05, 3.63) is 152 Å². The molecule has 0 saturated carbocycles. The van der Waals surface area contributed by atoms with E-state index in [0.29, 0.717) is 0 Å². The summed E-state index contributed by atoms with van der Waals surface area (Å²) >= 11 is 0. The number of nitrogens with zero attached hydrogens (tertiary/aromatic N) is 4. The van der Waals surface area contributed by atoms with E-state index in [-0.39, 0.29) is 6.85 Å². The Morgan fingerprint density at radius 2 is 0.955 bits per heavy atom. The van der Waals surface area contributed by atoms with Crippen molar-refractivity contribution in [1.82, 2.24) is 15.0 Å². The number of rotatable bonds is 3. The van der Waals surface area contributed by atoms with Crippen LogP contribution in [0.2, 0.25) is 0 Å². The largest absolute Gasteiger partial charge is 0.376 e. The van der Waals surface area contributed by atoms with Crippen molar-refractivity contribution in [3.8, 4) is 56.2 Å². The molecule has 4 nitrogen and oxygen atoms in total. The van der Waals surface area contributed by atoms with Crippen LogP contribution in [0.4, 0.5) is 11.4 Å². The maximum Gasteiger partial charge on any atom is 0.329 e. The van der Waals surface area contributed by atoms with Gasteiger partial charge >= 0.3 is 6.85 Å². The van der Waals surface area contributed by atoms with E-state index in [9.17, 15) is 0 Å². The minimum absolute atomic E-state index is 0.100. The molecule has 44 heavy (non-hydrogen) atoms. The zero-order valence-corrected chi connectivity index (χ0v) is 23.8. The van der Waals surface area contributed by atoms with Crippen LogP contribution in [0.25, 0.3) is 56.2 Å². The zero-order valence-electron chi connectivity index (χ0n) is 23.8. The lowest BCUT2D eigenvalue weighted by atomic mass is 9.43. The highest BCUT2D eigenvalue weighted by Crippen LogP contribution is 2.46. The number of hydrogen-bond donors (Lipinski definition) is 0. The summed E-state index contributed by atoms with van der Waals surface area (Å²) in [7, 11) is 0. The highest BCUT2D eigenvalue weighted by Gasteiger charge is 2.41. The zero-order chi connectivity index (χ0) is 29.0. The molecule has 2 aliphatic rings. The van der Waals surface area contributed by atoms with E-state index in [2.05, 4.69) is 118 Å². The Morgan fingerprint density at radius 1 is 0.409 bits per heavy atom. The average molecular weight is 560 g/mol. The Bertz CT molecular complexity index is 2140. The van der Waals surface area contributed by atoms with Gasteiger partial charge in [0.2, 0.25) is 0 Å². The second-order valence-corrected chi connectivity index (χ2v) is 11.3. The summed E-state index contributed by atoms with van der Waals surface area (Å²) in [5.41, 5.74) is 15.7. The Labute approximate surface area is 256 Å². The molecule has 2 aliphatic heterocycles. The van der Waals surface area contributed by atoms with E-state index in [1.807, 2.05) is 48.8 Å². The lowest BCUT2D eigenvalue weighted by molar-refractivity contribution is 1.22. The molecule has 5 heterocycles. The molecular formula is C39H25BN4. The quantitative estimate of drug-likeness (QED) is 0.207. The van der Waals surface area contributed by atoms with Crippen LogP contribution in [-0.2, 0) is 0 Å². The van der Waals surface area contributed by atoms with Crippen molar-refractivity contribution in [2.45, 2.75) is 0 Å². The van der Waals surface area contributed by atoms with Gasteiger partial charge in [-0.25, -0.2) is 4.98 Å². The lowest BCUT2D eigenvalue weighted by Gasteiger charge is -2.43. The van der Waals surface area contributed by atoms with Crippen LogP contribution < -0.4 is 15.7 Å². The number of benzene rings is 4. The number of anilines is 2. The van der Waals surface area contributed by atoms with Gasteiger partial charge in [-0.3, -0.25) is 9.97 Å². The number of pyridine rings is 3. The number of aromatic nitrogens is 3. The smallest absolute Gasteiger partial charge is 0.329 e. The fourth-order valence-corrected chi connectivity index (χ4v) is 6.86. The molecule has 9 rings (SSSR count). The molecule has 3 aromatic heterocycles. The molecule has 0 saturated heterocycles. The molecule has 0 unspecified atom stereocenters. The Balaban J connectivity index is 1.26. The lowest BCUT2D eigenvalue weighted by Crippen LogP contribution is -2.59. The minimum atomic E-state index is 0.100. The first kappa shape index (κ1) is 24.8. The summed E-state index contributed by atoms with van der Waals surface area (Å²) in [5, 5.41) is 0. The van der Waals surface area contributed by atoms with Gasteiger partial charge < -0.3 is 4.81 Å². The predicted octanol–water partition coefficient (Wildman–Crippen LogP) is 7.78. The first-order valence-electron chi connectivity index (χ1n) is 14.9. The van der Waals surface area contributed by atoms with Gasteiger partial charge in [-0.05, 0) is 87.8 Å². The number of hydrogen-bond acceptors (Lipinski definition) is 4. The van der Waals surface area contributed by atoms with Crippen molar-refractivity contribution in [2.24, 2.45) is 0 Å². The van der Waals surface area contributed by atoms with E-state index < -0.39 is 0 Å². The van der Waals surface area contributed by atoms with Crippen LogP contribution in [0.15, 0.2) is 152 Å². The molecule has 7 aromatic rings. The van der Waals surface area contributed by atoms with Crippen LogP contribution in [0.1, 0.15) is 0 Å². The number of fused-ring (bicyclic) bond motifs is 11. The third kappa shape index (κ3) is 3.83. The molecule has 5 heteroatoms. The average Bonchev–Trinajstić information content (AvgIpc) is 3.12. The Morgan fingerprint density at radius 3 is 1.59 bits per heavy atom. The van der Waals surface area contributed by atoms with Crippen LogP contribution in [0, 0.1) is 0 Å². The summed E-state index contributed by atoms with van der Waals surface area (Å²) in [5.74, 6) is 0. The standard InChI is InChI=1S/C39H25BN4/c1-4-14-32-28(11-1)30-13-3-6-18-38(30)44-39-20-19-26(23-31(39)29-12-2-5-15-33(29)40(32)44)27-24-36(34-16-7-9-21-41-34)43-37(25-27)35-17-8-10-22-42-35/h1-25H. The first-order chi connectivity index (χ1) is 21.8. The molecule has 0 radical (unpaired) electrons. The third-order valence-corrected chi connectivity index (χ3v) is 8.78. The topological polar surface area (TPSA) is 41.9 Å². The van der Waals surface area contributed by atoms with E-state index in [1.165, 1.54) is 44.6 Å². The van der Waals surface area contributed by atoms with Crippen LogP contribution in [0.5, 0.6) is 0 Å². The normalized spacial score (nSPS) is 12.5. The van der Waals surface area contributed by atoms with Crippen molar-refractivity contribution in [3.63, 3.8) is 0 Å².